The van der Waals surface area contributed by atoms with Crippen molar-refractivity contribution < 1.29 is 9.21 Å². The number of carbonyl (C=O) groups is 1. The highest BCUT2D eigenvalue weighted by atomic mass is 16.3. The summed E-state index contributed by atoms with van der Waals surface area (Å²) < 4.78 is 5.38. The van der Waals surface area contributed by atoms with Crippen LogP contribution in [0.15, 0.2) is 16.9 Å². The predicted molar refractivity (Wildman–Crippen MR) is 81.8 cm³/mol. The Hall–Kier alpha value is -2.11. The summed E-state index contributed by atoms with van der Waals surface area (Å²) in [6, 6.07) is 2.06. The molecule has 0 saturated carbocycles. The average Bonchev–Trinajstić information content (AvgIpc) is 3.15. The number of nitrogens with zero attached hydrogens (tertiary/aromatic N) is 3. The maximum Gasteiger partial charge on any atom is 0.276 e. The van der Waals surface area contributed by atoms with Gasteiger partial charge in [-0.05, 0) is 25.8 Å². The molecule has 0 spiro atoms. The zero-order valence-corrected chi connectivity index (χ0v) is 13.3. The SMILES string of the molecule is Cc1cc(C2CCCN(C(=O)c3ncoc3C(C)C)C2)n[nH]1. The van der Waals surface area contributed by atoms with E-state index in [0.29, 0.717) is 18.0 Å². The van der Waals surface area contributed by atoms with Gasteiger partial charge >= 0.3 is 0 Å². The van der Waals surface area contributed by atoms with E-state index in [-0.39, 0.29) is 17.7 Å². The van der Waals surface area contributed by atoms with Gasteiger partial charge in [0.15, 0.2) is 12.1 Å². The van der Waals surface area contributed by atoms with Crippen molar-refractivity contribution in [3.05, 3.63) is 35.3 Å². The monoisotopic (exact) mass is 302 g/mol. The highest BCUT2D eigenvalue weighted by Crippen LogP contribution is 2.28. The number of aromatic amines is 1. The summed E-state index contributed by atoms with van der Waals surface area (Å²) in [6.07, 6.45) is 3.40. The van der Waals surface area contributed by atoms with E-state index >= 15 is 0 Å². The molecule has 1 amide bonds. The Labute approximate surface area is 129 Å². The minimum atomic E-state index is -0.0330. The number of aryl methyl sites for hydroxylation is 1. The summed E-state index contributed by atoms with van der Waals surface area (Å²) in [5.74, 6) is 1.07. The van der Waals surface area contributed by atoms with E-state index in [1.165, 1.54) is 6.39 Å². The van der Waals surface area contributed by atoms with Gasteiger partial charge in [0.25, 0.3) is 5.91 Å². The van der Waals surface area contributed by atoms with Crippen LogP contribution in [0.4, 0.5) is 0 Å². The third-order valence-corrected chi connectivity index (χ3v) is 4.17. The van der Waals surface area contributed by atoms with Crippen molar-refractivity contribution in [1.29, 1.82) is 0 Å². The maximum absolute atomic E-state index is 12.7. The summed E-state index contributed by atoms with van der Waals surface area (Å²) in [7, 11) is 0. The van der Waals surface area contributed by atoms with Crippen molar-refractivity contribution >= 4 is 5.91 Å². The first-order valence-corrected chi connectivity index (χ1v) is 7.80. The van der Waals surface area contributed by atoms with Crippen molar-refractivity contribution in [3.8, 4) is 0 Å². The Balaban J connectivity index is 1.77. The molecule has 1 aliphatic heterocycles. The molecule has 1 unspecified atom stereocenters. The van der Waals surface area contributed by atoms with E-state index < -0.39 is 0 Å². The van der Waals surface area contributed by atoms with Gasteiger partial charge in [-0.3, -0.25) is 9.89 Å². The zero-order chi connectivity index (χ0) is 15.7. The third kappa shape index (κ3) is 2.77. The number of amides is 1. The number of nitrogens with one attached hydrogen (secondary N) is 1. The van der Waals surface area contributed by atoms with E-state index in [1.807, 2.05) is 25.7 Å². The fourth-order valence-electron chi connectivity index (χ4n) is 3.03. The number of rotatable bonds is 3. The molecule has 118 valence electrons. The second kappa shape index (κ2) is 5.94. The lowest BCUT2D eigenvalue weighted by Crippen LogP contribution is -2.39. The highest BCUT2D eigenvalue weighted by molar-refractivity contribution is 5.93. The molecule has 1 aliphatic rings. The minimum Gasteiger partial charge on any atom is -0.447 e. The number of aromatic nitrogens is 3. The number of hydrogen-bond acceptors (Lipinski definition) is 4. The minimum absolute atomic E-state index is 0.0330. The first-order valence-electron chi connectivity index (χ1n) is 7.80. The molecule has 2 aromatic heterocycles. The van der Waals surface area contributed by atoms with Crippen molar-refractivity contribution in [2.75, 3.05) is 13.1 Å². The molecule has 6 nitrogen and oxygen atoms in total. The molecule has 1 saturated heterocycles. The van der Waals surface area contributed by atoms with Crippen molar-refractivity contribution in [2.24, 2.45) is 0 Å². The second-order valence-corrected chi connectivity index (χ2v) is 6.29. The number of oxazole rings is 1. The summed E-state index contributed by atoms with van der Waals surface area (Å²) >= 11 is 0. The summed E-state index contributed by atoms with van der Waals surface area (Å²) in [6.45, 7) is 7.45. The summed E-state index contributed by atoms with van der Waals surface area (Å²) in [4.78, 5) is 18.8. The molecule has 6 heteroatoms. The largest absolute Gasteiger partial charge is 0.447 e. The number of likely N-dealkylation sites (tertiary alicyclic amines) is 1. The van der Waals surface area contributed by atoms with Gasteiger partial charge < -0.3 is 9.32 Å². The highest BCUT2D eigenvalue weighted by Gasteiger charge is 2.30. The number of carbonyl (C=O) groups excluding carboxylic acids is 1. The smallest absolute Gasteiger partial charge is 0.276 e. The van der Waals surface area contributed by atoms with Gasteiger partial charge in [-0.15, -0.1) is 0 Å². The number of piperidine rings is 1. The molecule has 0 bridgehead atoms. The van der Waals surface area contributed by atoms with Crippen LogP contribution in [-0.2, 0) is 0 Å². The van der Waals surface area contributed by atoms with Gasteiger partial charge in [0.1, 0.15) is 5.76 Å². The van der Waals surface area contributed by atoms with Gasteiger partial charge in [-0.25, -0.2) is 4.98 Å². The third-order valence-electron chi connectivity index (χ3n) is 4.17. The summed E-state index contributed by atoms with van der Waals surface area (Å²) in [5, 5.41) is 7.33. The fraction of sp³-hybridized carbons (Fsp3) is 0.562. The quantitative estimate of drug-likeness (QED) is 0.946. The van der Waals surface area contributed by atoms with Crippen LogP contribution in [0.5, 0.6) is 0 Å². The van der Waals surface area contributed by atoms with Gasteiger partial charge in [0.2, 0.25) is 0 Å². The normalized spacial score (nSPS) is 18.9. The Morgan fingerprint density at radius 3 is 3.00 bits per heavy atom. The van der Waals surface area contributed by atoms with E-state index in [2.05, 4.69) is 21.2 Å². The average molecular weight is 302 g/mol. The van der Waals surface area contributed by atoms with Crippen LogP contribution in [0.25, 0.3) is 0 Å². The van der Waals surface area contributed by atoms with E-state index in [9.17, 15) is 4.79 Å². The molecule has 22 heavy (non-hydrogen) atoms. The molecular weight excluding hydrogens is 280 g/mol. The first kappa shape index (κ1) is 14.8. The van der Waals surface area contributed by atoms with E-state index in [0.717, 1.165) is 30.8 Å². The Morgan fingerprint density at radius 2 is 2.32 bits per heavy atom. The fourth-order valence-corrected chi connectivity index (χ4v) is 3.03. The van der Waals surface area contributed by atoms with Crippen LogP contribution in [0.3, 0.4) is 0 Å². The van der Waals surface area contributed by atoms with Crippen LogP contribution in [-0.4, -0.2) is 39.1 Å². The Kier molecular flexibility index (Phi) is 4.00. The van der Waals surface area contributed by atoms with Gasteiger partial charge in [-0.1, -0.05) is 13.8 Å². The van der Waals surface area contributed by atoms with E-state index in [1.54, 1.807) is 0 Å². The molecule has 0 aromatic carbocycles. The van der Waals surface area contributed by atoms with Crippen molar-refractivity contribution in [2.45, 2.75) is 45.4 Å². The Morgan fingerprint density at radius 1 is 1.50 bits per heavy atom. The van der Waals surface area contributed by atoms with Crippen LogP contribution in [0.1, 0.15) is 66.2 Å². The van der Waals surface area contributed by atoms with Crippen molar-refractivity contribution in [1.82, 2.24) is 20.1 Å². The standard InChI is InChI=1S/C16H22N4O2/c1-10(2)15-14(17-9-22-15)16(21)20-6-4-5-12(8-20)13-7-11(3)18-19-13/h7,9-10,12H,4-6,8H2,1-3H3,(H,18,19). The molecule has 0 aliphatic carbocycles. The zero-order valence-electron chi connectivity index (χ0n) is 13.3. The van der Waals surface area contributed by atoms with Crippen LogP contribution < -0.4 is 0 Å². The molecule has 3 heterocycles. The lowest BCUT2D eigenvalue weighted by atomic mass is 9.94. The maximum atomic E-state index is 12.7. The Bertz CT molecular complexity index is 659. The molecule has 0 radical (unpaired) electrons. The molecule has 2 aromatic rings. The molecule has 1 N–H and O–H groups in total. The van der Waals surface area contributed by atoms with Crippen LogP contribution in [0, 0.1) is 6.92 Å². The van der Waals surface area contributed by atoms with Gasteiger partial charge in [-0.2, -0.15) is 5.10 Å². The van der Waals surface area contributed by atoms with Crippen LogP contribution in [0.2, 0.25) is 0 Å². The van der Waals surface area contributed by atoms with E-state index in [4.69, 9.17) is 4.42 Å². The lowest BCUT2D eigenvalue weighted by molar-refractivity contribution is 0.0697. The second-order valence-electron chi connectivity index (χ2n) is 6.29. The van der Waals surface area contributed by atoms with Crippen molar-refractivity contribution in [3.63, 3.8) is 0 Å². The molecule has 1 fully saturated rings. The molecule has 1 atom stereocenters. The molecular formula is C16H22N4O2. The molecule has 3 rings (SSSR count). The van der Waals surface area contributed by atoms with Crippen LogP contribution >= 0.6 is 0 Å². The topological polar surface area (TPSA) is 75.0 Å². The number of H-pyrrole nitrogens is 1. The van der Waals surface area contributed by atoms with Gasteiger partial charge in [0.05, 0.1) is 5.69 Å². The van der Waals surface area contributed by atoms with Gasteiger partial charge in [0, 0.05) is 30.6 Å². The number of hydrogen-bond donors (Lipinski definition) is 1. The predicted octanol–water partition coefficient (Wildman–Crippen LogP) is 2.85. The first-order chi connectivity index (χ1) is 10.6. The lowest BCUT2D eigenvalue weighted by Gasteiger charge is -2.31. The summed E-state index contributed by atoms with van der Waals surface area (Å²) in [5.41, 5.74) is 2.55.